The summed E-state index contributed by atoms with van der Waals surface area (Å²) in [7, 11) is 1.90. The van der Waals surface area contributed by atoms with Gasteiger partial charge in [-0.3, -0.25) is 4.68 Å². The highest BCUT2D eigenvalue weighted by atomic mass is 127. The topological polar surface area (TPSA) is 68.1 Å². The predicted octanol–water partition coefficient (Wildman–Crippen LogP) is 3.33. The summed E-state index contributed by atoms with van der Waals surface area (Å²) in [6, 6.07) is 8.23. The summed E-state index contributed by atoms with van der Waals surface area (Å²) >= 11 is 2.30. The highest BCUT2D eigenvalue weighted by molar-refractivity contribution is 14.1. The van der Waals surface area contributed by atoms with E-state index in [-0.39, 0.29) is 12.2 Å². The van der Waals surface area contributed by atoms with Gasteiger partial charge in [-0.1, -0.05) is 0 Å². The first-order valence-corrected chi connectivity index (χ1v) is 9.70. The second-order valence-electron chi connectivity index (χ2n) is 6.67. The second kappa shape index (κ2) is 6.99. The Bertz CT molecular complexity index is 915. The second-order valence-corrected chi connectivity index (χ2v) is 7.92. The normalized spacial score (nSPS) is 20.5. The maximum absolute atomic E-state index is 5.84. The van der Waals surface area contributed by atoms with Gasteiger partial charge < -0.3 is 15.0 Å². The molecule has 2 atom stereocenters. The fourth-order valence-corrected chi connectivity index (χ4v) is 3.62. The first-order valence-electron chi connectivity index (χ1n) is 8.62. The third-order valence-electron chi connectivity index (χ3n) is 4.39. The van der Waals surface area contributed by atoms with Gasteiger partial charge in [0.2, 0.25) is 5.95 Å². The van der Waals surface area contributed by atoms with Crippen LogP contribution in [-0.2, 0) is 11.8 Å². The van der Waals surface area contributed by atoms with Crippen LogP contribution in [0.4, 0.5) is 17.5 Å². The van der Waals surface area contributed by atoms with E-state index in [4.69, 9.17) is 14.7 Å². The lowest BCUT2D eigenvalue weighted by atomic mass is 10.2. The third-order valence-corrected chi connectivity index (χ3v) is 5.11. The molecule has 1 aromatic carbocycles. The van der Waals surface area contributed by atoms with Crippen molar-refractivity contribution in [1.29, 1.82) is 0 Å². The van der Waals surface area contributed by atoms with Crippen LogP contribution in [0.25, 0.3) is 11.0 Å². The van der Waals surface area contributed by atoms with E-state index in [0.29, 0.717) is 5.95 Å². The summed E-state index contributed by atoms with van der Waals surface area (Å²) in [6.07, 6.45) is 2.10. The van der Waals surface area contributed by atoms with Gasteiger partial charge in [0.1, 0.15) is 5.82 Å². The lowest BCUT2D eigenvalue weighted by molar-refractivity contribution is -0.00569. The number of nitrogens with one attached hydrogen (secondary N) is 1. The van der Waals surface area contributed by atoms with E-state index in [9.17, 15) is 0 Å². The third kappa shape index (κ3) is 3.48. The first-order chi connectivity index (χ1) is 12.5. The number of rotatable bonds is 3. The molecular formula is C18H21IN6O. The molecular weight excluding hydrogens is 443 g/mol. The predicted molar refractivity (Wildman–Crippen MR) is 111 cm³/mol. The standard InChI is InChI=1S/C18H21IN6O/c1-11-9-25(10-12(2)26-11)18-22-16(15-8-20-24(3)17(15)23-18)21-14-6-4-13(19)5-7-14/h4-8,11-12H,9-10H2,1-3H3,(H,21,22,23). The molecule has 7 nitrogen and oxygen atoms in total. The van der Waals surface area contributed by atoms with Crippen molar-refractivity contribution in [3.05, 3.63) is 34.0 Å². The van der Waals surface area contributed by atoms with E-state index < -0.39 is 0 Å². The Morgan fingerprint density at radius 3 is 2.50 bits per heavy atom. The minimum absolute atomic E-state index is 0.150. The van der Waals surface area contributed by atoms with E-state index in [2.05, 4.69) is 63.9 Å². The number of anilines is 3. The zero-order chi connectivity index (χ0) is 18.3. The molecule has 0 amide bonds. The molecule has 1 fully saturated rings. The molecule has 8 heteroatoms. The maximum Gasteiger partial charge on any atom is 0.229 e. The quantitative estimate of drug-likeness (QED) is 0.600. The minimum Gasteiger partial charge on any atom is -0.372 e. The summed E-state index contributed by atoms with van der Waals surface area (Å²) in [4.78, 5) is 11.8. The smallest absolute Gasteiger partial charge is 0.229 e. The summed E-state index contributed by atoms with van der Waals surface area (Å²) < 4.78 is 8.82. The van der Waals surface area contributed by atoms with Gasteiger partial charge in [0.05, 0.1) is 23.8 Å². The Morgan fingerprint density at radius 1 is 1.12 bits per heavy atom. The molecule has 0 radical (unpaired) electrons. The minimum atomic E-state index is 0.150. The molecule has 136 valence electrons. The molecule has 0 bridgehead atoms. The number of morpholine rings is 1. The Balaban J connectivity index is 1.75. The van der Waals surface area contributed by atoms with Gasteiger partial charge >= 0.3 is 0 Å². The van der Waals surface area contributed by atoms with Gasteiger partial charge in [-0.25, -0.2) is 0 Å². The van der Waals surface area contributed by atoms with Crippen LogP contribution in [-0.4, -0.2) is 45.0 Å². The van der Waals surface area contributed by atoms with E-state index in [1.165, 1.54) is 3.57 Å². The van der Waals surface area contributed by atoms with Crippen LogP contribution in [0.2, 0.25) is 0 Å². The molecule has 2 aromatic heterocycles. The largest absolute Gasteiger partial charge is 0.372 e. The number of aromatic nitrogens is 4. The summed E-state index contributed by atoms with van der Waals surface area (Å²) in [5.74, 6) is 1.47. The lowest BCUT2D eigenvalue weighted by Gasteiger charge is -2.35. The molecule has 0 saturated carbocycles. The van der Waals surface area contributed by atoms with Gasteiger partial charge in [-0.05, 0) is 60.7 Å². The molecule has 0 spiro atoms. The SMILES string of the molecule is CC1CN(c2nc(Nc3ccc(I)cc3)c3cnn(C)c3n2)CC(C)O1. The Morgan fingerprint density at radius 2 is 1.81 bits per heavy atom. The van der Waals surface area contributed by atoms with E-state index in [0.717, 1.165) is 35.6 Å². The lowest BCUT2D eigenvalue weighted by Crippen LogP contribution is -2.46. The average molecular weight is 464 g/mol. The summed E-state index contributed by atoms with van der Waals surface area (Å²) in [6.45, 7) is 5.71. The molecule has 1 aliphatic heterocycles. The van der Waals surface area contributed by atoms with Crippen LogP contribution in [0.1, 0.15) is 13.8 Å². The summed E-state index contributed by atoms with van der Waals surface area (Å²) in [5, 5.41) is 8.69. The van der Waals surface area contributed by atoms with E-state index >= 15 is 0 Å². The number of nitrogens with zero attached hydrogens (tertiary/aromatic N) is 5. The number of ether oxygens (including phenoxy) is 1. The summed E-state index contributed by atoms with van der Waals surface area (Å²) in [5.41, 5.74) is 1.80. The number of halogens is 1. The molecule has 1 N–H and O–H groups in total. The van der Waals surface area contributed by atoms with Crippen LogP contribution in [0, 0.1) is 3.57 Å². The zero-order valence-electron chi connectivity index (χ0n) is 15.0. The van der Waals surface area contributed by atoms with Crippen LogP contribution >= 0.6 is 22.6 Å². The highest BCUT2D eigenvalue weighted by Gasteiger charge is 2.25. The van der Waals surface area contributed by atoms with Crippen LogP contribution in [0.3, 0.4) is 0 Å². The average Bonchev–Trinajstić information content (AvgIpc) is 2.97. The van der Waals surface area contributed by atoms with Gasteiger partial charge in [-0.15, -0.1) is 0 Å². The van der Waals surface area contributed by atoms with Crippen molar-refractivity contribution in [3.63, 3.8) is 0 Å². The van der Waals surface area contributed by atoms with E-state index in [1.54, 1.807) is 10.9 Å². The van der Waals surface area contributed by atoms with Crippen LogP contribution in [0.5, 0.6) is 0 Å². The Hall–Kier alpha value is -1.94. The molecule has 4 rings (SSSR count). The number of fused-ring (bicyclic) bond motifs is 1. The van der Waals surface area contributed by atoms with Crippen molar-refractivity contribution in [2.24, 2.45) is 7.05 Å². The van der Waals surface area contributed by atoms with Crippen molar-refractivity contribution in [1.82, 2.24) is 19.7 Å². The molecule has 1 aliphatic rings. The first kappa shape index (κ1) is 17.5. The fourth-order valence-electron chi connectivity index (χ4n) is 3.26. The fraction of sp³-hybridized carbons (Fsp3) is 0.389. The van der Waals surface area contributed by atoms with Crippen molar-refractivity contribution in [2.45, 2.75) is 26.1 Å². The molecule has 26 heavy (non-hydrogen) atoms. The number of aryl methyl sites for hydroxylation is 1. The monoisotopic (exact) mass is 464 g/mol. The van der Waals surface area contributed by atoms with Crippen LogP contribution in [0.15, 0.2) is 30.5 Å². The number of hydrogen-bond donors (Lipinski definition) is 1. The maximum atomic E-state index is 5.84. The van der Waals surface area contributed by atoms with Crippen LogP contribution < -0.4 is 10.2 Å². The van der Waals surface area contributed by atoms with Gasteiger partial charge in [0.15, 0.2) is 5.65 Å². The van der Waals surface area contributed by atoms with Crippen molar-refractivity contribution in [2.75, 3.05) is 23.3 Å². The van der Waals surface area contributed by atoms with Gasteiger partial charge in [-0.2, -0.15) is 15.1 Å². The number of hydrogen-bond acceptors (Lipinski definition) is 6. The highest BCUT2D eigenvalue weighted by Crippen LogP contribution is 2.27. The molecule has 2 unspecified atom stereocenters. The van der Waals surface area contributed by atoms with Crippen molar-refractivity contribution < 1.29 is 4.74 Å². The van der Waals surface area contributed by atoms with Crippen molar-refractivity contribution in [3.8, 4) is 0 Å². The van der Waals surface area contributed by atoms with Gasteiger partial charge in [0, 0.05) is 29.4 Å². The molecule has 0 aliphatic carbocycles. The Labute approximate surface area is 165 Å². The molecule has 1 saturated heterocycles. The van der Waals surface area contributed by atoms with Gasteiger partial charge in [0.25, 0.3) is 0 Å². The molecule has 3 aromatic rings. The number of benzene rings is 1. The Kier molecular flexibility index (Phi) is 4.70. The zero-order valence-corrected chi connectivity index (χ0v) is 17.1. The van der Waals surface area contributed by atoms with Crippen molar-refractivity contribution >= 4 is 51.1 Å². The van der Waals surface area contributed by atoms with E-state index in [1.807, 2.05) is 19.2 Å². The molecule has 3 heterocycles.